The molecule has 3 unspecified atom stereocenters. The summed E-state index contributed by atoms with van der Waals surface area (Å²) in [6.45, 7) is 8.18. The topological polar surface area (TPSA) is 384 Å². The number of ether oxygens (including phenoxy) is 1. The second-order valence-corrected chi connectivity index (χ2v) is 23.5. The number of amides is 9. The quantitative estimate of drug-likeness (QED) is 0.0214. The number of aromatic hydroxyl groups is 1. The molecule has 0 bridgehead atoms. The molecule has 1 aromatic heterocycles. The van der Waals surface area contributed by atoms with Crippen molar-refractivity contribution >= 4 is 91.6 Å². The molecule has 2 heterocycles. The Morgan fingerprint density at radius 2 is 1.36 bits per heavy atom. The SMILES string of the molecule is C/C=C/C(C)OC(=O)CCC(=O)N[C@H](Cc1ccccc1)C(=O)NC1CSSC[C@@H](C(=O)N[C@@H](C(N)=O)C(C)O)NC(=O)[C@H](C(C)C)NC(=O)[C@H](CCCCN)NC(=O)[C@@H](Cc2c[nH]c3ccccc23)NC(=O)[C@@H](Cc2ccc(O)cc2)NC1=O. The van der Waals surface area contributed by atoms with Crippen LogP contribution in [0.1, 0.15) is 83.4 Å². The molecule has 15 N–H and O–H groups in total. The Morgan fingerprint density at radius 1 is 0.729 bits per heavy atom. The van der Waals surface area contributed by atoms with E-state index in [9.17, 15) is 48.6 Å². The smallest absolute Gasteiger partial charge is 0.306 e. The van der Waals surface area contributed by atoms with Crippen LogP contribution in [0.15, 0.2) is 97.2 Å². The Bertz CT molecular complexity index is 2960. The number of H-pyrrole nitrogens is 1. The van der Waals surface area contributed by atoms with Gasteiger partial charge in [0, 0.05) is 54.3 Å². The van der Waals surface area contributed by atoms with Crippen molar-refractivity contribution in [1.29, 1.82) is 0 Å². The summed E-state index contributed by atoms with van der Waals surface area (Å²) in [5.74, 6) is -9.75. The van der Waals surface area contributed by atoms with Crippen LogP contribution in [0.5, 0.6) is 5.75 Å². The van der Waals surface area contributed by atoms with Gasteiger partial charge in [0.1, 0.15) is 60.2 Å². The monoisotopic (exact) mass is 1210 g/mol. The first kappa shape index (κ1) is 67.8. The number of rotatable bonds is 23. The number of carbonyl (C=O) groups is 10. The molecule has 460 valence electrons. The average molecular weight is 1210 g/mol. The van der Waals surface area contributed by atoms with Crippen molar-refractivity contribution in [3.63, 3.8) is 0 Å². The Kier molecular flexibility index (Phi) is 27.2. The number of carbonyl (C=O) groups excluding carboxylic acids is 10. The summed E-state index contributed by atoms with van der Waals surface area (Å²) in [5.41, 5.74) is 13.8. The van der Waals surface area contributed by atoms with Crippen LogP contribution >= 0.6 is 21.6 Å². The molecule has 1 saturated heterocycles. The zero-order valence-electron chi connectivity index (χ0n) is 48.2. The number of aromatic nitrogens is 1. The first-order valence-electron chi connectivity index (χ1n) is 28.1. The molecule has 0 aliphatic carbocycles. The lowest BCUT2D eigenvalue weighted by Gasteiger charge is -2.29. The predicted molar refractivity (Wildman–Crippen MR) is 323 cm³/mol. The highest BCUT2D eigenvalue weighted by atomic mass is 33.1. The van der Waals surface area contributed by atoms with Gasteiger partial charge in [-0.25, -0.2) is 0 Å². The molecule has 0 saturated carbocycles. The van der Waals surface area contributed by atoms with Gasteiger partial charge in [-0.3, -0.25) is 47.9 Å². The van der Waals surface area contributed by atoms with Crippen LogP contribution in [0.25, 0.3) is 10.9 Å². The van der Waals surface area contributed by atoms with Gasteiger partial charge in [0.25, 0.3) is 0 Å². The highest BCUT2D eigenvalue weighted by Gasteiger charge is 2.37. The third kappa shape index (κ3) is 21.9. The highest BCUT2D eigenvalue weighted by Crippen LogP contribution is 2.25. The molecule has 85 heavy (non-hydrogen) atoms. The number of phenolic OH excluding ortho intramolecular Hbond substituents is 1. The summed E-state index contributed by atoms with van der Waals surface area (Å²) in [7, 11) is 1.90. The number of allylic oxidation sites excluding steroid dienone is 1. The van der Waals surface area contributed by atoms with Crippen LogP contribution in [-0.2, 0) is 71.9 Å². The molecule has 5 rings (SSSR count). The van der Waals surface area contributed by atoms with Crippen molar-refractivity contribution in [3.05, 3.63) is 114 Å². The normalized spacial score (nSPS) is 21.0. The number of nitrogens with one attached hydrogen (secondary N) is 9. The van der Waals surface area contributed by atoms with Gasteiger partial charge in [-0.1, -0.05) is 102 Å². The van der Waals surface area contributed by atoms with Gasteiger partial charge in [0.05, 0.1) is 12.5 Å². The zero-order chi connectivity index (χ0) is 62.2. The Labute approximate surface area is 501 Å². The fraction of sp³-hybridized carbons (Fsp3) is 0.458. The molecule has 4 aromatic rings. The van der Waals surface area contributed by atoms with E-state index in [0.29, 0.717) is 29.5 Å². The van der Waals surface area contributed by atoms with Gasteiger partial charge >= 0.3 is 5.97 Å². The number of phenols is 1. The number of fused-ring (bicyclic) bond motifs is 1. The molecule has 26 heteroatoms. The van der Waals surface area contributed by atoms with E-state index in [2.05, 4.69) is 47.5 Å². The van der Waals surface area contributed by atoms with E-state index in [0.717, 1.165) is 32.5 Å². The van der Waals surface area contributed by atoms with Crippen molar-refractivity contribution in [2.24, 2.45) is 17.4 Å². The number of aromatic amines is 1. The van der Waals surface area contributed by atoms with Crippen LogP contribution in [-0.4, -0.2) is 153 Å². The summed E-state index contributed by atoms with van der Waals surface area (Å²) >= 11 is 0. The zero-order valence-corrected chi connectivity index (χ0v) is 49.9. The van der Waals surface area contributed by atoms with E-state index in [1.54, 1.807) is 82.4 Å². The minimum atomic E-state index is -1.60. The number of para-hydroxylation sites is 1. The van der Waals surface area contributed by atoms with Crippen LogP contribution < -0.4 is 54.0 Å². The summed E-state index contributed by atoms with van der Waals surface area (Å²) in [6, 6.07) is 10.2. The third-order valence-electron chi connectivity index (χ3n) is 13.7. The van der Waals surface area contributed by atoms with Crippen molar-refractivity contribution < 1.29 is 62.9 Å². The molecule has 1 aliphatic heterocycles. The van der Waals surface area contributed by atoms with E-state index in [1.807, 2.05) is 18.2 Å². The minimum absolute atomic E-state index is 0.0370. The maximum Gasteiger partial charge on any atom is 0.306 e. The Balaban J connectivity index is 1.60. The van der Waals surface area contributed by atoms with Crippen molar-refractivity contribution in [3.8, 4) is 5.75 Å². The van der Waals surface area contributed by atoms with Gasteiger partial charge in [-0.05, 0) is 93.5 Å². The van der Waals surface area contributed by atoms with Crippen LogP contribution in [0, 0.1) is 5.92 Å². The first-order valence-corrected chi connectivity index (χ1v) is 30.6. The fourth-order valence-corrected chi connectivity index (χ4v) is 11.4. The number of aliphatic hydroxyl groups is 1. The second kappa shape index (κ2) is 34.1. The molecule has 3 aromatic carbocycles. The molecule has 24 nitrogen and oxygen atoms in total. The standard InChI is InChI=1S/C59H79N11O13S2/c1-6-14-34(4)83-49(74)25-24-48(73)63-43(27-36-15-8-7-9-16-36)54(77)67-46-31-84-85-32-47(58(81)70-51(35(5)71)52(61)75)68-59(82)50(33(2)3)69-53(76)42(19-12-13-26-60)64-56(79)45(29-38-30-62-41-18-11-10-17-40(38)41)66-55(78)44(65-57(46)80)28-37-20-22-39(72)23-21-37/h6-11,14-18,20-23,30,33-35,42-47,50-51,62,71-72H,12-13,19,24-29,31-32,60H2,1-5H3,(H2,61,75)(H,63,73)(H,64,79)(H,65,80)(H,66,78)(H,67,77)(H,68,82)(H,69,76)(H,70,81)/b14-6+/t34?,35?,42-,43+,44+,45+,46?,47-,50-,51+/m0/s1. The number of hydrogen-bond acceptors (Lipinski definition) is 16. The largest absolute Gasteiger partial charge is 0.508 e. The fourth-order valence-electron chi connectivity index (χ4n) is 9.11. The molecule has 10 atom stereocenters. The average Bonchev–Trinajstić information content (AvgIpc) is 4.15. The lowest BCUT2D eigenvalue weighted by molar-refractivity contribution is -0.147. The van der Waals surface area contributed by atoms with Crippen molar-refractivity contribution in [1.82, 2.24) is 47.5 Å². The summed E-state index contributed by atoms with van der Waals surface area (Å²) in [6.07, 6.45) is 2.76. The number of primary amides is 1. The maximum absolute atomic E-state index is 15.0. The van der Waals surface area contributed by atoms with E-state index >= 15 is 9.59 Å². The lowest BCUT2D eigenvalue weighted by atomic mass is 10.00. The number of esters is 1. The van der Waals surface area contributed by atoms with E-state index < -0.39 is 126 Å². The molecular weight excluding hydrogens is 1130 g/mol. The van der Waals surface area contributed by atoms with E-state index in [-0.39, 0.29) is 62.3 Å². The van der Waals surface area contributed by atoms with Gasteiger partial charge in [-0.15, -0.1) is 0 Å². The molecule has 1 fully saturated rings. The number of hydrogen-bond donors (Lipinski definition) is 13. The molecule has 1 aliphatic rings. The Morgan fingerprint density at radius 3 is 2.02 bits per heavy atom. The Hall–Kier alpha value is -7.94. The predicted octanol–water partition coefficient (Wildman–Crippen LogP) is 1.11. The minimum Gasteiger partial charge on any atom is -0.508 e. The number of benzene rings is 3. The van der Waals surface area contributed by atoms with Crippen molar-refractivity contribution in [2.75, 3.05) is 18.1 Å². The number of aliphatic hydroxyl groups excluding tert-OH is 1. The highest BCUT2D eigenvalue weighted by molar-refractivity contribution is 8.76. The van der Waals surface area contributed by atoms with Crippen LogP contribution in [0.3, 0.4) is 0 Å². The summed E-state index contributed by atoms with van der Waals surface area (Å²) in [5, 5.41) is 42.9. The van der Waals surface area contributed by atoms with Crippen LogP contribution in [0.2, 0.25) is 0 Å². The van der Waals surface area contributed by atoms with Gasteiger partial charge in [-0.2, -0.15) is 0 Å². The molecular formula is C59H79N11O13S2. The first-order chi connectivity index (χ1) is 40.6. The van der Waals surface area contributed by atoms with Crippen molar-refractivity contribution in [2.45, 2.75) is 147 Å². The lowest BCUT2D eigenvalue weighted by Crippen LogP contribution is -2.62. The van der Waals surface area contributed by atoms with Gasteiger partial charge in [0.15, 0.2) is 0 Å². The maximum atomic E-state index is 15.0. The summed E-state index contributed by atoms with van der Waals surface area (Å²) in [4.78, 5) is 144. The third-order valence-corrected chi connectivity index (χ3v) is 16.2. The second-order valence-electron chi connectivity index (χ2n) is 21.0. The molecule has 0 spiro atoms. The molecule has 9 amide bonds. The van der Waals surface area contributed by atoms with E-state index in [4.69, 9.17) is 16.2 Å². The number of unbranched alkanes of at least 4 members (excludes halogenated alkanes) is 1. The van der Waals surface area contributed by atoms with Crippen LogP contribution in [0.4, 0.5) is 0 Å². The van der Waals surface area contributed by atoms with E-state index in [1.165, 1.54) is 31.2 Å². The number of nitrogens with two attached hydrogens (primary N) is 2. The van der Waals surface area contributed by atoms with Gasteiger partial charge < -0.3 is 73.9 Å². The summed E-state index contributed by atoms with van der Waals surface area (Å²) < 4.78 is 5.33. The van der Waals surface area contributed by atoms with Gasteiger partial charge in [0.2, 0.25) is 53.2 Å². The molecule has 0 radical (unpaired) electrons.